The Labute approximate surface area is 162 Å². The number of fused-ring (bicyclic) bond motifs is 1. The molecule has 5 nitrogen and oxygen atoms in total. The Morgan fingerprint density at radius 1 is 1.07 bits per heavy atom. The number of benzene rings is 2. The molecule has 5 heteroatoms. The van der Waals surface area contributed by atoms with Gasteiger partial charge in [0.05, 0.1) is 10.9 Å². The second-order valence-electron chi connectivity index (χ2n) is 7.22. The molecule has 1 aliphatic carbocycles. The van der Waals surface area contributed by atoms with Crippen LogP contribution in [0.15, 0.2) is 65.2 Å². The van der Waals surface area contributed by atoms with Crippen LogP contribution in [0.2, 0.25) is 0 Å². The van der Waals surface area contributed by atoms with Gasteiger partial charge >= 0.3 is 0 Å². The van der Waals surface area contributed by atoms with E-state index in [9.17, 15) is 4.79 Å². The van der Waals surface area contributed by atoms with Gasteiger partial charge in [0.25, 0.3) is 11.6 Å². The Morgan fingerprint density at radius 2 is 1.82 bits per heavy atom. The highest BCUT2D eigenvalue weighted by Crippen LogP contribution is 2.41. The van der Waals surface area contributed by atoms with Gasteiger partial charge in [-0.1, -0.05) is 53.7 Å². The van der Waals surface area contributed by atoms with Crippen LogP contribution in [0.4, 0.5) is 5.69 Å². The number of nitrogens with one attached hydrogen (secondary N) is 1. The summed E-state index contributed by atoms with van der Waals surface area (Å²) in [5.41, 5.74) is 5.21. The third kappa shape index (κ3) is 2.95. The predicted molar refractivity (Wildman–Crippen MR) is 108 cm³/mol. The van der Waals surface area contributed by atoms with E-state index in [1.54, 1.807) is 0 Å². The number of nitrogens with zero attached hydrogens (tertiary/aromatic N) is 2. The van der Waals surface area contributed by atoms with Gasteiger partial charge in [-0.3, -0.25) is 4.79 Å². The van der Waals surface area contributed by atoms with Gasteiger partial charge in [-0.15, -0.1) is 0 Å². The summed E-state index contributed by atoms with van der Waals surface area (Å²) in [5.74, 6) is 0.226. The molecule has 1 saturated carbocycles. The highest BCUT2D eigenvalue weighted by molar-refractivity contribution is 6.14. The molecule has 0 aliphatic heterocycles. The van der Waals surface area contributed by atoms with E-state index >= 15 is 0 Å². The molecule has 28 heavy (non-hydrogen) atoms. The summed E-state index contributed by atoms with van der Waals surface area (Å²) in [6.45, 7) is 1.97. The SMILES string of the molecule is Cc1ccccc1NC(=O)c1cc(C2CC2)nc2onc(-c3ccccc3)c12. The average molecular weight is 369 g/mol. The number of anilines is 1. The molecule has 0 unspecified atom stereocenters. The van der Waals surface area contributed by atoms with Crippen LogP contribution in [0.25, 0.3) is 22.4 Å². The van der Waals surface area contributed by atoms with Gasteiger partial charge in [0.2, 0.25) is 0 Å². The zero-order valence-corrected chi connectivity index (χ0v) is 15.5. The molecule has 2 aromatic heterocycles. The first-order valence-electron chi connectivity index (χ1n) is 9.43. The summed E-state index contributed by atoms with van der Waals surface area (Å²) in [4.78, 5) is 17.9. The van der Waals surface area contributed by atoms with E-state index in [0.717, 1.165) is 35.3 Å². The number of rotatable bonds is 4. The molecule has 5 rings (SSSR count). The first-order chi connectivity index (χ1) is 13.7. The van der Waals surface area contributed by atoms with Crippen molar-refractivity contribution in [3.8, 4) is 11.3 Å². The van der Waals surface area contributed by atoms with Crippen molar-refractivity contribution in [3.63, 3.8) is 0 Å². The van der Waals surface area contributed by atoms with E-state index in [4.69, 9.17) is 4.52 Å². The predicted octanol–water partition coefficient (Wildman–Crippen LogP) is 5.33. The van der Waals surface area contributed by atoms with Crippen LogP contribution in [0.1, 0.15) is 40.4 Å². The lowest BCUT2D eigenvalue weighted by Crippen LogP contribution is -2.14. The molecule has 0 bridgehead atoms. The smallest absolute Gasteiger partial charge is 0.259 e. The van der Waals surface area contributed by atoms with Crippen molar-refractivity contribution in [3.05, 3.63) is 77.5 Å². The fraction of sp³-hybridized carbons (Fsp3) is 0.174. The van der Waals surface area contributed by atoms with E-state index in [0.29, 0.717) is 28.3 Å². The summed E-state index contributed by atoms with van der Waals surface area (Å²) in [6, 6.07) is 19.4. The molecule has 1 N–H and O–H groups in total. The number of hydrogen-bond acceptors (Lipinski definition) is 4. The highest BCUT2D eigenvalue weighted by Gasteiger charge is 2.29. The second kappa shape index (κ2) is 6.60. The Balaban J connectivity index is 1.66. The minimum Gasteiger partial charge on any atom is -0.335 e. The van der Waals surface area contributed by atoms with Crippen LogP contribution in [-0.2, 0) is 0 Å². The lowest BCUT2D eigenvalue weighted by Gasteiger charge is -2.10. The Bertz CT molecular complexity index is 1180. The topological polar surface area (TPSA) is 68.0 Å². The zero-order chi connectivity index (χ0) is 19.1. The molecule has 1 aliphatic rings. The van der Waals surface area contributed by atoms with Gasteiger partial charge in [0, 0.05) is 22.9 Å². The Hall–Kier alpha value is -3.47. The first-order valence-corrected chi connectivity index (χ1v) is 9.43. The van der Waals surface area contributed by atoms with Gasteiger partial charge in [-0.05, 0) is 37.5 Å². The van der Waals surface area contributed by atoms with Crippen molar-refractivity contribution in [1.29, 1.82) is 0 Å². The Morgan fingerprint density at radius 3 is 2.57 bits per heavy atom. The fourth-order valence-electron chi connectivity index (χ4n) is 3.43. The number of hydrogen-bond donors (Lipinski definition) is 1. The van der Waals surface area contributed by atoms with E-state index in [1.807, 2.05) is 67.6 Å². The molecule has 0 saturated heterocycles. The maximum atomic E-state index is 13.2. The molecule has 1 fully saturated rings. The van der Waals surface area contributed by atoms with E-state index in [1.165, 1.54) is 0 Å². The van der Waals surface area contributed by atoms with Gasteiger partial charge in [0.1, 0.15) is 5.69 Å². The minimum atomic E-state index is -0.177. The maximum Gasteiger partial charge on any atom is 0.259 e. The Kier molecular flexibility index (Phi) is 3.93. The van der Waals surface area contributed by atoms with Crippen molar-refractivity contribution in [2.45, 2.75) is 25.7 Å². The van der Waals surface area contributed by atoms with Gasteiger partial charge in [-0.2, -0.15) is 0 Å². The van der Waals surface area contributed by atoms with Crippen LogP contribution in [-0.4, -0.2) is 16.0 Å². The second-order valence-corrected chi connectivity index (χ2v) is 7.22. The van der Waals surface area contributed by atoms with Crippen molar-refractivity contribution in [2.75, 3.05) is 5.32 Å². The van der Waals surface area contributed by atoms with Crippen molar-refractivity contribution in [2.24, 2.45) is 0 Å². The molecule has 0 spiro atoms. The molecular weight excluding hydrogens is 350 g/mol. The summed E-state index contributed by atoms with van der Waals surface area (Å²) >= 11 is 0. The average Bonchev–Trinajstić information content (AvgIpc) is 3.49. The molecular formula is C23H19N3O2. The van der Waals surface area contributed by atoms with Crippen LogP contribution in [0.3, 0.4) is 0 Å². The lowest BCUT2D eigenvalue weighted by atomic mass is 10.0. The molecule has 2 aromatic carbocycles. The summed E-state index contributed by atoms with van der Waals surface area (Å²) in [6.07, 6.45) is 2.19. The molecule has 0 atom stereocenters. The summed E-state index contributed by atoms with van der Waals surface area (Å²) < 4.78 is 5.55. The van der Waals surface area contributed by atoms with Gasteiger partial charge in [0.15, 0.2) is 0 Å². The largest absolute Gasteiger partial charge is 0.335 e. The van der Waals surface area contributed by atoms with E-state index in [-0.39, 0.29) is 5.91 Å². The third-order valence-corrected chi connectivity index (χ3v) is 5.15. The quantitative estimate of drug-likeness (QED) is 0.528. The number of para-hydroxylation sites is 1. The fourth-order valence-corrected chi connectivity index (χ4v) is 3.43. The molecule has 1 amide bonds. The first kappa shape index (κ1) is 16.7. The minimum absolute atomic E-state index is 0.177. The standard InChI is InChI=1S/C23H19N3O2/c1-14-7-5-6-10-18(14)24-22(27)17-13-19(15-11-12-15)25-23-20(17)21(26-28-23)16-8-3-2-4-9-16/h2-10,13,15H,11-12H2,1H3,(H,24,27). The maximum absolute atomic E-state index is 13.2. The molecule has 0 radical (unpaired) electrons. The molecule has 4 aromatic rings. The number of carbonyl (C=O) groups is 1. The molecule has 138 valence electrons. The number of amides is 1. The third-order valence-electron chi connectivity index (χ3n) is 5.15. The lowest BCUT2D eigenvalue weighted by molar-refractivity contribution is 0.102. The highest BCUT2D eigenvalue weighted by atomic mass is 16.5. The van der Waals surface area contributed by atoms with Crippen molar-refractivity contribution < 1.29 is 9.32 Å². The van der Waals surface area contributed by atoms with Crippen LogP contribution in [0, 0.1) is 6.92 Å². The zero-order valence-electron chi connectivity index (χ0n) is 15.5. The number of pyridine rings is 1. The number of aryl methyl sites for hydroxylation is 1. The number of carbonyl (C=O) groups excluding carboxylic acids is 1. The van der Waals surface area contributed by atoms with E-state index in [2.05, 4.69) is 15.5 Å². The normalized spacial score (nSPS) is 13.6. The van der Waals surface area contributed by atoms with Gasteiger partial charge in [-0.25, -0.2) is 4.98 Å². The molecule has 2 heterocycles. The van der Waals surface area contributed by atoms with Crippen LogP contribution in [0.5, 0.6) is 0 Å². The summed E-state index contributed by atoms with van der Waals surface area (Å²) in [5, 5.41) is 7.93. The van der Waals surface area contributed by atoms with E-state index < -0.39 is 0 Å². The monoisotopic (exact) mass is 369 g/mol. The van der Waals surface area contributed by atoms with Crippen LogP contribution >= 0.6 is 0 Å². The number of aromatic nitrogens is 2. The van der Waals surface area contributed by atoms with Crippen LogP contribution < -0.4 is 5.32 Å². The van der Waals surface area contributed by atoms with Crippen molar-refractivity contribution >= 4 is 22.7 Å². The summed E-state index contributed by atoms with van der Waals surface area (Å²) in [7, 11) is 0. The van der Waals surface area contributed by atoms with Gasteiger partial charge < -0.3 is 9.84 Å². The van der Waals surface area contributed by atoms with Crippen molar-refractivity contribution in [1.82, 2.24) is 10.1 Å².